The second-order valence-corrected chi connectivity index (χ2v) is 5.66. The smallest absolute Gasteiger partial charge is 0.143 e. The molecule has 0 spiro atoms. The van der Waals surface area contributed by atoms with Gasteiger partial charge in [0.15, 0.2) is 0 Å². The summed E-state index contributed by atoms with van der Waals surface area (Å²) in [5.74, 6) is -0.385. The van der Waals surface area contributed by atoms with Crippen LogP contribution in [-0.2, 0) is 0 Å². The fourth-order valence-electron chi connectivity index (χ4n) is 1.62. The second-order valence-electron chi connectivity index (χ2n) is 4.54. The molecule has 2 N–H and O–H groups in total. The average molecular weight is 295 g/mol. The van der Waals surface area contributed by atoms with Crippen molar-refractivity contribution in [3.8, 4) is 5.75 Å². The molecule has 0 saturated heterocycles. The van der Waals surface area contributed by atoms with E-state index in [-0.39, 0.29) is 11.0 Å². The van der Waals surface area contributed by atoms with Crippen molar-refractivity contribution >= 4 is 17.4 Å². The Labute approximate surface area is 120 Å². The molecule has 2 nitrogen and oxygen atoms in total. The summed E-state index contributed by atoms with van der Waals surface area (Å²) in [5.41, 5.74) is 6.33. The van der Waals surface area contributed by atoms with Gasteiger partial charge in [-0.05, 0) is 50.2 Å². The normalized spacial score (nSPS) is 10.8. The van der Waals surface area contributed by atoms with Crippen LogP contribution in [0, 0.1) is 11.6 Å². The molecule has 0 radical (unpaired) electrons. The minimum Gasteiger partial charge on any atom is -0.489 e. The van der Waals surface area contributed by atoms with Gasteiger partial charge in [-0.15, -0.1) is 0 Å². The van der Waals surface area contributed by atoms with Gasteiger partial charge >= 0.3 is 0 Å². The maximum Gasteiger partial charge on any atom is 0.143 e. The summed E-state index contributed by atoms with van der Waals surface area (Å²) in [6, 6.07) is 8.54. The predicted octanol–water partition coefficient (Wildman–Crippen LogP) is 4.49. The van der Waals surface area contributed by atoms with Gasteiger partial charge in [0.2, 0.25) is 0 Å². The molecule has 0 aromatic heterocycles. The summed E-state index contributed by atoms with van der Waals surface area (Å²) in [7, 11) is 0. The van der Waals surface area contributed by atoms with E-state index in [0.29, 0.717) is 11.4 Å². The molecule has 2 aromatic rings. The van der Waals surface area contributed by atoms with Gasteiger partial charge in [0, 0.05) is 4.90 Å². The van der Waals surface area contributed by atoms with Gasteiger partial charge in [0.25, 0.3) is 0 Å². The highest BCUT2D eigenvalue weighted by Gasteiger charge is 2.09. The van der Waals surface area contributed by atoms with Crippen LogP contribution in [0.15, 0.2) is 46.2 Å². The summed E-state index contributed by atoms with van der Waals surface area (Å²) >= 11 is 1.13. The largest absolute Gasteiger partial charge is 0.489 e. The average Bonchev–Trinajstić information content (AvgIpc) is 2.37. The van der Waals surface area contributed by atoms with Crippen LogP contribution in [0.25, 0.3) is 0 Å². The molecular formula is C15H15F2NOS. The SMILES string of the molecule is CC(C)Oc1cc(Sc2cc(F)ccc2F)ccc1N. The number of nitrogen functional groups attached to an aromatic ring is 1. The van der Waals surface area contributed by atoms with E-state index in [0.717, 1.165) is 28.8 Å². The molecule has 106 valence electrons. The highest BCUT2D eigenvalue weighted by atomic mass is 32.2. The monoisotopic (exact) mass is 295 g/mol. The molecule has 0 saturated carbocycles. The Bertz CT molecular complexity index is 617. The highest BCUT2D eigenvalue weighted by molar-refractivity contribution is 7.99. The van der Waals surface area contributed by atoms with E-state index in [9.17, 15) is 8.78 Å². The van der Waals surface area contributed by atoms with E-state index < -0.39 is 11.6 Å². The van der Waals surface area contributed by atoms with Gasteiger partial charge in [-0.1, -0.05) is 11.8 Å². The van der Waals surface area contributed by atoms with Gasteiger partial charge in [-0.3, -0.25) is 0 Å². The van der Waals surface area contributed by atoms with E-state index in [1.807, 2.05) is 13.8 Å². The number of hydrogen-bond acceptors (Lipinski definition) is 3. The van der Waals surface area contributed by atoms with Crippen LogP contribution in [0.4, 0.5) is 14.5 Å². The van der Waals surface area contributed by atoms with Gasteiger partial charge < -0.3 is 10.5 Å². The summed E-state index contributed by atoms with van der Waals surface area (Å²) < 4.78 is 32.3. The third-order valence-corrected chi connectivity index (χ3v) is 3.49. The standard InChI is InChI=1S/C15H15F2NOS/c1-9(2)19-14-8-11(4-6-13(14)18)20-15-7-10(16)3-5-12(15)17/h3-9H,18H2,1-2H3. The first-order valence-corrected chi connectivity index (χ1v) is 6.96. The minimum atomic E-state index is -0.469. The zero-order valence-electron chi connectivity index (χ0n) is 11.2. The van der Waals surface area contributed by atoms with Crippen LogP contribution >= 0.6 is 11.8 Å². The van der Waals surface area contributed by atoms with Gasteiger partial charge in [0.05, 0.1) is 16.7 Å². The lowest BCUT2D eigenvalue weighted by molar-refractivity contribution is 0.243. The van der Waals surface area contributed by atoms with Gasteiger partial charge in [0.1, 0.15) is 17.4 Å². The van der Waals surface area contributed by atoms with Crippen molar-refractivity contribution in [1.29, 1.82) is 0 Å². The van der Waals surface area contributed by atoms with Gasteiger partial charge in [-0.25, -0.2) is 8.78 Å². The third-order valence-electron chi connectivity index (χ3n) is 2.47. The molecule has 0 fully saturated rings. The number of benzene rings is 2. The number of nitrogens with two attached hydrogens (primary N) is 1. The van der Waals surface area contributed by atoms with Crippen LogP contribution in [0.1, 0.15) is 13.8 Å². The molecule has 0 atom stereocenters. The molecule has 0 aliphatic rings. The quantitative estimate of drug-likeness (QED) is 0.844. The number of halogens is 2. The van der Waals surface area contributed by atoms with Crippen molar-refractivity contribution in [2.24, 2.45) is 0 Å². The summed E-state index contributed by atoms with van der Waals surface area (Å²) in [5, 5.41) is 0. The summed E-state index contributed by atoms with van der Waals surface area (Å²) in [6.45, 7) is 3.79. The zero-order chi connectivity index (χ0) is 14.7. The van der Waals surface area contributed by atoms with Crippen LogP contribution in [0.3, 0.4) is 0 Å². The molecule has 2 rings (SSSR count). The first kappa shape index (κ1) is 14.7. The molecule has 0 aliphatic carbocycles. The zero-order valence-corrected chi connectivity index (χ0v) is 12.0. The van der Waals surface area contributed by atoms with Crippen LogP contribution < -0.4 is 10.5 Å². The number of ether oxygens (including phenoxy) is 1. The fourth-order valence-corrected chi connectivity index (χ4v) is 2.51. The van der Waals surface area contributed by atoms with Crippen molar-refractivity contribution in [2.75, 3.05) is 5.73 Å². The van der Waals surface area contributed by atoms with Gasteiger partial charge in [-0.2, -0.15) is 0 Å². The van der Waals surface area contributed by atoms with E-state index in [1.54, 1.807) is 18.2 Å². The number of hydrogen-bond donors (Lipinski definition) is 1. The number of anilines is 1. The van der Waals surface area contributed by atoms with E-state index in [2.05, 4.69) is 0 Å². The summed E-state index contributed by atoms with van der Waals surface area (Å²) in [6.07, 6.45) is -0.0107. The summed E-state index contributed by atoms with van der Waals surface area (Å²) in [4.78, 5) is 0.963. The first-order chi connectivity index (χ1) is 9.45. The van der Waals surface area contributed by atoms with Crippen LogP contribution in [0.2, 0.25) is 0 Å². The Hall–Kier alpha value is -1.75. The Morgan fingerprint density at radius 1 is 1.10 bits per heavy atom. The van der Waals surface area contributed by atoms with Crippen molar-refractivity contribution in [1.82, 2.24) is 0 Å². The van der Waals surface area contributed by atoms with Crippen molar-refractivity contribution in [3.63, 3.8) is 0 Å². The van der Waals surface area contributed by atoms with E-state index in [4.69, 9.17) is 10.5 Å². The maximum absolute atomic E-state index is 13.6. The predicted molar refractivity (Wildman–Crippen MR) is 77.1 cm³/mol. The maximum atomic E-state index is 13.6. The van der Waals surface area contributed by atoms with E-state index in [1.165, 1.54) is 6.07 Å². The Morgan fingerprint density at radius 2 is 1.85 bits per heavy atom. The van der Waals surface area contributed by atoms with Crippen molar-refractivity contribution in [3.05, 3.63) is 48.0 Å². The lowest BCUT2D eigenvalue weighted by atomic mass is 10.3. The third kappa shape index (κ3) is 3.63. The topological polar surface area (TPSA) is 35.2 Å². The molecule has 0 bridgehead atoms. The molecule has 0 amide bonds. The van der Waals surface area contributed by atoms with Crippen molar-refractivity contribution < 1.29 is 13.5 Å². The highest BCUT2D eigenvalue weighted by Crippen LogP contribution is 2.34. The molecule has 0 heterocycles. The number of rotatable bonds is 4. The molecule has 0 unspecified atom stereocenters. The molecule has 20 heavy (non-hydrogen) atoms. The molecular weight excluding hydrogens is 280 g/mol. The van der Waals surface area contributed by atoms with Crippen LogP contribution in [0.5, 0.6) is 5.75 Å². The minimum absolute atomic E-state index is 0.0107. The second kappa shape index (κ2) is 6.13. The molecule has 0 aliphatic heterocycles. The Kier molecular flexibility index (Phi) is 4.49. The lowest BCUT2D eigenvalue weighted by Crippen LogP contribution is -2.07. The lowest BCUT2D eigenvalue weighted by Gasteiger charge is -2.13. The molecule has 2 aromatic carbocycles. The Morgan fingerprint density at radius 3 is 2.55 bits per heavy atom. The van der Waals surface area contributed by atoms with Crippen molar-refractivity contribution in [2.45, 2.75) is 29.7 Å². The van der Waals surface area contributed by atoms with Crippen LogP contribution in [-0.4, -0.2) is 6.10 Å². The Balaban J connectivity index is 2.27. The van der Waals surface area contributed by atoms with E-state index >= 15 is 0 Å². The fraction of sp³-hybridized carbons (Fsp3) is 0.200. The molecule has 5 heteroatoms. The first-order valence-electron chi connectivity index (χ1n) is 6.15.